The molecule has 0 aliphatic heterocycles. The number of carbonyl (C=O) groups excluding carboxylic acids is 1. The van der Waals surface area contributed by atoms with Crippen molar-refractivity contribution in [3.8, 4) is 33.2 Å². The van der Waals surface area contributed by atoms with Crippen LogP contribution >= 0.6 is 11.3 Å². The topological polar surface area (TPSA) is 112 Å². The molecule has 0 unspecified atom stereocenters. The van der Waals surface area contributed by atoms with Crippen LogP contribution in [0.5, 0.6) is 0 Å². The van der Waals surface area contributed by atoms with Crippen LogP contribution in [-0.4, -0.2) is 36.0 Å². The standard InChI is InChI=1S/C28H23F2N7OS/c1-28(2,3)11-23(38)33-15-8-14(12-31-13-15)16-9-17-20(10-18(16)29)36-37-24(17)27-34-19-6-7-32-26(25(19)35-27)21-4-5-22(30)39-21/h4-10,12-13H,11H2,1-3H3,(H,33,38)(H,34,35)(H,36,37). The number of nitrogens with zero attached hydrogens (tertiary/aromatic N) is 4. The summed E-state index contributed by atoms with van der Waals surface area (Å²) in [6, 6.07) is 9.59. The number of aromatic amines is 2. The number of fused-ring (bicyclic) bond motifs is 2. The van der Waals surface area contributed by atoms with Crippen LogP contribution in [0.3, 0.4) is 0 Å². The highest BCUT2D eigenvalue weighted by Crippen LogP contribution is 2.35. The summed E-state index contributed by atoms with van der Waals surface area (Å²) in [5.74, 6) is -0.145. The van der Waals surface area contributed by atoms with Crippen molar-refractivity contribution in [2.75, 3.05) is 5.32 Å². The number of halogens is 2. The van der Waals surface area contributed by atoms with E-state index in [1.54, 1.807) is 36.7 Å². The van der Waals surface area contributed by atoms with Gasteiger partial charge in [0.1, 0.15) is 22.7 Å². The van der Waals surface area contributed by atoms with Gasteiger partial charge in [-0.1, -0.05) is 20.8 Å². The Balaban J connectivity index is 1.39. The number of pyridine rings is 2. The van der Waals surface area contributed by atoms with Crippen molar-refractivity contribution in [2.24, 2.45) is 5.41 Å². The van der Waals surface area contributed by atoms with E-state index in [1.165, 1.54) is 18.3 Å². The molecule has 0 fully saturated rings. The highest BCUT2D eigenvalue weighted by Gasteiger charge is 2.20. The minimum absolute atomic E-state index is 0.140. The average molecular weight is 544 g/mol. The Morgan fingerprint density at radius 2 is 1.90 bits per heavy atom. The summed E-state index contributed by atoms with van der Waals surface area (Å²) >= 11 is 0.995. The van der Waals surface area contributed by atoms with Crippen LogP contribution < -0.4 is 5.32 Å². The van der Waals surface area contributed by atoms with E-state index in [9.17, 15) is 9.18 Å². The number of anilines is 1. The van der Waals surface area contributed by atoms with E-state index >= 15 is 4.39 Å². The molecule has 3 N–H and O–H groups in total. The van der Waals surface area contributed by atoms with E-state index < -0.39 is 5.82 Å². The Bertz CT molecular complexity index is 1870. The van der Waals surface area contributed by atoms with Crippen LogP contribution in [-0.2, 0) is 4.79 Å². The molecule has 0 atom stereocenters. The molecule has 8 nitrogen and oxygen atoms in total. The highest BCUT2D eigenvalue weighted by atomic mass is 32.1. The molecule has 0 radical (unpaired) electrons. The van der Waals surface area contributed by atoms with Crippen molar-refractivity contribution in [1.82, 2.24) is 30.1 Å². The van der Waals surface area contributed by atoms with E-state index in [0.29, 0.717) is 67.3 Å². The van der Waals surface area contributed by atoms with Gasteiger partial charge in [0.2, 0.25) is 5.91 Å². The minimum atomic E-state index is -0.464. The van der Waals surface area contributed by atoms with E-state index in [1.807, 2.05) is 20.8 Å². The molecule has 5 heterocycles. The number of carbonyl (C=O) groups is 1. The third kappa shape index (κ3) is 4.88. The van der Waals surface area contributed by atoms with Gasteiger partial charge in [-0.15, -0.1) is 11.3 Å². The number of benzene rings is 1. The van der Waals surface area contributed by atoms with Crippen LogP contribution in [0.4, 0.5) is 14.5 Å². The van der Waals surface area contributed by atoms with Crippen LogP contribution in [0.1, 0.15) is 27.2 Å². The number of hydrogen-bond donors (Lipinski definition) is 3. The average Bonchev–Trinajstić information content (AvgIpc) is 3.59. The fourth-order valence-corrected chi connectivity index (χ4v) is 5.18. The third-order valence-corrected chi connectivity index (χ3v) is 6.99. The number of nitrogens with one attached hydrogen (secondary N) is 3. The monoisotopic (exact) mass is 543 g/mol. The molecule has 0 aliphatic carbocycles. The first-order chi connectivity index (χ1) is 18.6. The van der Waals surface area contributed by atoms with E-state index in [4.69, 9.17) is 4.98 Å². The minimum Gasteiger partial charge on any atom is -0.336 e. The van der Waals surface area contributed by atoms with Crippen molar-refractivity contribution in [2.45, 2.75) is 27.2 Å². The maximum atomic E-state index is 15.2. The summed E-state index contributed by atoms with van der Waals surface area (Å²) in [7, 11) is 0. The summed E-state index contributed by atoms with van der Waals surface area (Å²) in [5, 5.41) is 10.5. The number of imidazole rings is 1. The lowest BCUT2D eigenvalue weighted by molar-refractivity contribution is -0.117. The number of H-pyrrole nitrogens is 2. The maximum absolute atomic E-state index is 15.2. The second kappa shape index (κ2) is 9.35. The molecule has 39 heavy (non-hydrogen) atoms. The normalized spacial score (nSPS) is 11.9. The summed E-state index contributed by atoms with van der Waals surface area (Å²) in [6.07, 6.45) is 5.05. The van der Waals surface area contributed by atoms with Crippen LogP contribution in [0.2, 0.25) is 0 Å². The second-order valence-corrected chi connectivity index (χ2v) is 11.5. The molecule has 11 heteroatoms. The first kappa shape index (κ1) is 24.8. The predicted molar refractivity (Wildman–Crippen MR) is 148 cm³/mol. The first-order valence-corrected chi connectivity index (χ1v) is 13.0. The number of thiophene rings is 1. The van der Waals surface area contributed by atoms with Gasteiger partial charge in [-0.2, -0.15) is 9.49 Å². The lowest BCUT2D eigenvalue weighted by Gasteiger charge is -2.17. The molecule has 0 spiro atoms. The number of rotatable bonds is 5. The van der Waals surface area contributed by atoms with E-state index in [2.05, 4.69) is 30.5 Å². The lowest BCUT2D eigenvalue weighted by Crippen LogP contribution is -2.19. The van der Waals surface area contributed by atoms with E-state index in [0.717, 1.165) is 11.3 Å². The van der Waals surface area contributed by atoms with Crippen molar-refractivity contribution < 1.29 is 13.6 Å². The molecule has 0 saturated carbocycles. The van der Waals surface area contributed by atoms with Crippen molar-refractivity contribution in [1.29, 1.82) is 0 Å². The lowest BCUT2D eigenvalue weighted by atomic mass is 9.92. The van der Waals surface area contributed by atoms with Gasteiger partial charge in [-0.3, -0.25) is 19.9 Å². The van der Waals surface area contributed by atoms with Gasteiger partial charge in [0.25, 0.3) is 0 Å². The molecule has 1 amide bonds. The van der Waals surface area contributed by atoms with Crippen molar-refractivity contribution in [3.05, 3.63) is 65.9 Å². The number of aromatic nitrogens is 6. The Morgan fingerprint density at radius 3 is 2.67 bits per heavy atom. The molecular formula is C28H23F2N7OS. The number of amides is 1. The Morgan fingerprint density at radius 1 is 1.05 bits per heavy atom. The Hall–Kier alpha value is -4.51. The van der Waals surface area contributed by atoms with Gasteiger partial charge in [0.05, 0.1) is 27.8 Å². The molecule has 0 bridgehead atoms. The SMILES string of the molecule is CC(C)(C)CC(=O)Nc1cncc(-c2cc3c(-c4nc5c(-c6ccc(F)s6)nccc5[nH]4)n[nH]c3cc2F)c1. The second-order valence-electron chi connectivity index (χ2n) is 10.4. The van der Waals surface area contributed by atoms with Crippen LogP contribution in [0.15, 0.2) is 55.0 Å². The fourth-order valence-electron chi connectivity index (χ4n) is 4.45. The van der Waals surface area contributed by atoms with Gasteiger partial charge in [0.15, 0.2) is 11.0 Å². The van der Waals surface area contributed by atoms with Gasteiger partial charge in [-0.05, 0) is 35.7 Å². The van der Waals surface area contributed by atoms with Crippen molar-refractivity contribution >= 4 is 44.9 Å². The van der Waals surface area contributed by atoms with Crippen LogP contribution in [0, 0.1) is 16.4 Å². The quantitative estimate of drug-likeness (QED) is 0.218. The maximum Gasteiger partial charge on any atom is 0.224 e. The predicted octanol–water partition coefficient (Wildman–Crippen LogP) is 6.94. The molecule has 196 valence electrons. The van der Waals surface area contributed by atoms with E-state index in [-0.39, 0.29) is 16.5 Å². The summed E-state index contributed by atoms with van der Waals surface area (Å²) < 4.78 is 28.9. The zero-order valence-corrected chi connectivity index (χ0v) is 22.1. The van der Waals surface area contributed by atoms with Gasteiger partial charge >= 0.3 is 0 Å². The molecule has 6 aromatic rings. The number of hydrogen-bond acceptors (Lipinski definition) is 6. The molecule has 5 aromatic heterocycles. The molecule has 0 aliphatic rings. The summed E-state index contributed by atoms with van der Waals surface area (Å²) in [5.41, 5.74) is 3.96. The Labute approximate surface area is 225 Å². The molecule has 1 aromatic carbocycles. The Kier molecular flexibility index (Phi) is 5.95. The molecule has 6 rings (SSSR count). The fraction of sp³-hybridized carbons (Fsp3) is 0.179. The van der Waals surface area contributed by atoms with Gasteiger partial charge < -0.3 is 10.3 Å². The van der Waals surface area contributed by atoms with Gasteiger partial charge in [-0.25, -0.2) is 9.37 Å². The summed E-state index contributed by atoms with van der Waals surface area (Å²) in [4.78, 5) is 29.7. The van der Waals surface area contributed by atoms with Crippen molar-refractivity contribution in [3.63, 3.8) is 0 Å². The first-order valence-electron chi connectivity index (χ1n) is 12.2. The third-order valence-electron chi connectivity index (χ3n) is 6.11. The van der Waals surface area contributed by atoms with Crippen LogP contribution in [0.25, 0.3) is 55.2 Å². The zero-order valence-electron chi connectivity index (χ0n) is 21.3. The zero-order chi connectivity index (χ0) is 27.3. The molecular weight excluding hydrogens is 520 g/mol. The largest absolute Gasteiger partial charge is 0.336 e. The van der Waals surface area contributed by atoms with Gasteiger partial charge in [0, 0.05) is 41.4 Å². The highest BCUT2D eigenvalue weighted by molar-refractivity contribution is 7.13. The summed E-state index contributed by atoms with van der Waals surface area (Å²) in [6.45, 7) is 5.95. The molecule has 0 saturated heterocycles. The smallest absolute Gasteiger partial charge is 0.224 e.